The standard InChI is InChI=1S/C25H40N2O/c1-5-7-19-18(6-2)8-9-21-20(19)12-13-25(4)22(21)10-11-23(25)24(28)16-27-15-17(3)14-26-27/h14-15,18-23H,5-13,16H2,1-4H3. The highest BCUT2D eigenvalue weighted by Crippen LogP contribution is 2.63. The molecule has 0 saturated heterocycles. The number of hydrogen-bond acceptors (Lipinski definition) is 2. The number of aryl methyl sites for hydroxylation is 1. The second-order valence-electron chi connectivity index (χ2n) is 10.5. The molecule has 0 spiro atoms. The Morgan fingerprint density at radius 2 is 2.00 bits per heavy atom. The summed E-state index contributed by atoms with van der Waals surface area (Å²) in [5.41, 5.74) is 1.37. The molecule has 3 saturated carbocycles. The molecule has 3 heteroatoms. The Kier molecular flexibility index (Phi) is 5.73. The second kappa shape index (κ2) is 7.95. The number of ketones is 1. The number of carbonyl (C=O) groups is 1. The maximum atomic E-state index is 13.2. The van der Waals surface area contributed by atoms with E-state index in [0.29, 0.717) is 12.3 Å². The van der Waals surface area contributed by atoms with Gasteiger partial charge in [-0.1, -0.05) is 40.0 Å². The normalized spacial score (nSPS) is 40.1. The van der Waals surface area contributed by atoms with Gasteiger partial charge in [0.05, 0.1) is 12.7 Å². The zero-order valence-electron chi connectivity index (χ0n) is 18.5. The molecular weight excluding hydrogens is 344 g/mol. The number of Topliss-reactive ketones (excluding diaryl/α,β-unsaturated/α-hetero) is 1. The lowest BCUT2D eigenvalue weighted by molar-refractivity contribution is -0.130. The number of nitrogens with zero attached hydrogens (tertiary/aromatic N) is 2. The summed E-state index contributed by atoms with van der Waals surface area (Å²) in [7, 11) is 0. The summed E-state index contributed by atoms with van der Waals surface area (Å²) in [5.74, 6) is 5.15. The molecule has 1 aromatic rings. The van der Waals surface area contributed by atoms with Gasteiger partial charge < -0.3 is 0 Å². The Morgan fingerprint density at radius 1 is 1.18 bits per heavy atom. The Hall–Kier alpha value is -1.12. The summed E-state index contributed by atoms with van der Waals surface area (Å²) < 4.78 is 1.85. The van der Waals surface area contributed by atoms with Gasteiger partial charge in [-0.2, -0.15) is 5.10 Å². The molecule has 7 atom stereocenters. The first-order chi connectivity index (χ1) is 13.5. The number of carbonyl (C=O) groups excluding carboxylic acids is 1. The first kappa shape index (κ1) is 20.2. The van der Waals surface area contributed by atoms with Gasteiger partial charge in [-0.05, 0) is 86.0 Å². The number of fused-ring (bicyclic) bond motifs is 3. The molecule has 7 unspecified atom stereocenters. The number of hydrogen-bond donors (Lipinski definition) is 0. The third-order valence-electron chi connectivity index (χ3n) is 9.13. The third kappa shape index (κ3) is 3.37. The minimum Gasteiger partial charge on any atom is -0.297 e. The molecule has 0 N–H and O–H groups in total. The zero-order valence-corrected chi connectivity index (χ0v) is 18.5. The van der Waals surface area contributed by atoms with Gasteiger partial charge in [0.15, 0.2) is 5.78 Å². The lowest BCUT2D eigenvalue weighted by atomic mass is 9.50. The van der Waals surface area contributed by atoms with Crippen molar-refractivity contribution in [2.75, 3.05) is 0 Å². The second-order valence-corrected chi connectivity index (χ2v) is 10.5. The molecule has 28 heavy (non-hydrogen) atoms. The van der Waals surface area contributed by atoms with Crippen molar-refractivity contribution in [2.24, 2.45) is 40.9 Å². The van der Waals surface area contributed by atoms with Crippen LogP contribution in [0.4, 0.5) is 0 Å². The van der Waals surface area contributed by atoms with Crippen LogP contribution in [-0.4, -0.2) is 15.6 Å². The summed E-state index contributed by atoms with van der Waals surface area (Å²) >= 11 is 0. The van der Waals surface area contributed by atoms with E-state index in [9.17, 15) is 4.79 Å². The predicted octanol–water partition coefficient (Wildman–Crippen LogP) is 6.06. The first-order valence-electron chi connectivity index (χ1n) is 12.0. The molecule has 4 rings (SSSR count). The highest BCUT2D eigenvalue weighted by atomic mass is 16.1. The van der Waals surface area contributed by atoms with E-state index in [-0.39, 0.29) is 11.3 Å². The van der Waals surface area contributed by atoms with Crippen LogP contribution in [0.5, 0.6) is 0 Å². The fraction of sp³-hybridized carbons (Fsp3) is 0.840. The van der Waals surface area contributed by atoms with E-state index in [1.54, 1.807) is 0 Å². The van der Waals surface area contributed by atoms with Crippen molar-refractivity contribution in [3.05, 3.63) is 18.0 Å². The van der Waals surface area contributed by atoms with E-state index in [2.05, 4.69) is 25.9 Å². The van der Waals surface area contributed by atoms with Crippen LogP contribution in [0.2, 0.25) is 0 Å². The summed E-state index contributed by atoms with van der Waals surface area (Å²) in [5, 5.41) is 4.36. The van der Waals surface area contributed by atoms with Crippen LogP contribution >= 0.6 is 0 Å². The van der Waals surface area contributed by atoms with Gasteiger partial charge in [0.1, 0.15) is 0 Å². The minimum atomic E-state index is 0.232. The van der Waals surface area contributed by atoms with Gasteiger partial charge in [0, 0.05) is 12.1 Å². The summed E-state index contributed by atoms with van der Waals surface area (Å²) in [6, 6.07) is 0. The Bertz CT molecular complexity index is 694. The van der Waals surface area contributed by atoms with E-state index in [1.165, 1.54) is 51.4 Å². The van der Waals surface area contributed by atoms with E-state index in [0.717, 1.165) is 41.6 Å². The fourth-order valence-electron chi connectivity index (χ4n) is 7.88. The molecule has 0 radical (unpaired) electrons. The van der Waals surface area contributed by atoms with Crippen LogP contribution in [0.1, 0.15) is 84.1 Å². The molecule has 3 nitrogen and oxygen atoms in total. The maximum absolute atomic E-state index is 13.2. The van der Waals surface area contributed by atoms with Crippen LogP contribution in [0.25, 0.3) is 0 Å². The summed E-state index contributed by atoms with van der Waals surface area (Å²) in [6.45, 7) is 9.75. The highest BCUT2D eigenvalue weighted by molar-refractivity contribution is 5.82. The molecule has 1 heterocycles. The Morgan fingerprint density at radius 3 is 2.68 bits per heavy atom. The third-order valence-corrected chi connectivity index (χ3v) is 9.13. The lowest BCUT2D eigenvalue weighted by Crippen LogP contribution is -2.48. The van der Waals surface area contributed by atoms with Crippen molar-refractivity contribution in [1.29, 1.82) is 0 Å². The van der Waals surface area contributed by atoms with Crippen LogP contribution in [-0.2, 0) is 11.3 Å². The molecule has 1 aromatic heterocycles. The first-order valence-corrected chi connectivity index (χ1v) is 12.0. The number of aromatic nitrogens is 2. The molecule has 3 fully saturated rings. The zero-order chi connectivity index (χ0) is 19.9. The fourth-order valence-corrected chi connectivity index (χ4v) is 7.88. The number of rotatable bonds is 6. The van der Waals surface area contributed by atoms with Gasteiger partial charge in [0.2, 0.25) is 0 Å². The smallest absolute Gasteiger partial charge is 0.157 e. The van der Waals surface area contributed by atoms with E-state index < -0.39 is 0 Å². The van der Waals surface area contributed by atoms with Crippen molar-refractivity contribution in [3.8, 4) is 0 Å². The topological polar surface area (TPSA) is 34.9 Å². The molecule has 0 bridgehead atoms. The monoisotopic (exact) mass is 384 g/mol. The minimum absolute atomic E-state index is 0.232. The maximum Gasteiger partial charge on any atom is 0.157 e. The van der Waals surface area contributed by atoms with Crippen LogP contribution in [0.3, 0.4) is 0 Å². The van der Waals surface area contributed by atoms with Gasteiger partial charge >= 0.3 is 0 Å². The Balaban J connectivity index is 1.50. The van der Waals surface area contributed by atoms with E-state index in [4.69, 9.17) is 0 Å². The molecule has 156 valence electrons. The quantitative estimate of drug-likeness (QED) is 0.598. The van der Waals surface area contributed by atoms with E-state index >= 15 is 0 Å². The molecule has 3 aliphatic carbocycles. The van der Waals surface area contributed by atoms with Crippen LogP contribution in [0.15, 0.2) is 12.4 Å². The largest absolute Gasteiger partial charge is 0.297 e. The molecular formula is C25H40N2O. The molecule has 0 amide bonds. The van der Waals surface area contributed by atoms with Crippen molar-refractivity contribution >= 4 is 5.78 Å². The van der Waals surface area contributed by atoms with Gasteiger partial charge in [-0.3, -0.25) is 9.48 Å². The van der Waals surface area contributed by atoms with Gasteiger partial charge in [-0.25, -0.2) is 0 Å². The average Bonchev–Trinajstić information content (AvgIpc) is 3.24. The van der Waals surface area contributed by atoms with Crippen LogP contribution < -0.4 is 0 Å². The van der Waals surface area contributed by atoms with Crippen molar-refractivity contribution in [2.45, 2.75) is 92.0 Å². The van der Waals surface area contributed by atoms with Crippen LogP contribution in [0, 0.1) is 47.8 Å². The van der Waals surface area contributed by atoms with Crippen molar-refractivity contribution in [1.82, 2.24) is 9.78 Å². The van der Waals surface area contributed by atoms with Crippen molar-refractivity contribution < 1.29 is 4.79 Å². The van der Waals surface area contributed by atoms with Gasteiger partial charge in [-0.15, -0.1) is 0 Å². The summed E-state index contributed by atoms with van der Waals surface area (Å²) in [6.07, 6.45) is 15.8. The average molecular weight is 385 g/mol. The highest BCUT2D eigenvalue weighted by Gasteiger charge is 2.57. The molecule has 0 aliphatic heterocycles. The molecule has 0 aromatic carbocycles. The lowest BCUT2D eigenvalue weighted by Gasteiger charge is -2.54. The van der Waals surface area contributed by atoms with Crippen molar-refractivity contribution in [3.63, 3.8) is 0 Å². The molecule has 3 aliphatic rings. The van der Waals surface area contributed by atoms with Gasteiger partial charge in [0.25, 0.3) is 0 Å². The van der Waals surface area contributed by atoms with E-state index in [1.807, 2.05) is 24.0 Å². The Labute approximate surface area is 171 Å². The predicted molar refractivity (Wildman–Crippen MR) is 114 cm³/mol. The summed E-state index contributed by atoms with van der Waals surface area (Å²) in [4.78, 5) is 13.2. The SMILES string of the molecule is CCCC1C(CC)CCC2C1CCC1(C)C(C(=O)Cn3cc(C)cn3)CCC21.